The lowest BCUT2D eigenvalue weighted by Gasteiger charge is -2.17. The third-order valence-corrected chi connectivity index (χ3v) is 14.4. The first-order valence-electron chi connectivity index (χ1n) is 25.3. The van der Waals surface area contributed by atoms with Crippen LogP contribution in [0.3, 0.4) is 0 Å². The first kappa shape index (κ1) is 57.5. The average Bonchev–Trinajstić information content (AvgIpc) is 3.22. The Kier molecular flexibility index (Phi) is 43.4. The lowest BCUT2D eigenvalue weighted by molar-refractivity contribution is -0.143. The van der Waals surface area contributed by atoms with E-state index in [-0.39, 0.29) is 11.9 Å². The Labute approximate surface area is 368 Å². The highest BCUT2D eigenvalue weighted by Crippen LogP contribution is 2.41. The molecule has 0 fully saturated rings. The predicted octanol–water partition coefficient (Wildman–Crippen LogP) is 15.6. The first-order chi connectivity index (χ1) is 28.8. The number of ether oxygens (including phenoxy) is 2. The van der Waals surface area contributed by atoms with Gasteiger partial charge < -0.3 is 14.4 Å². The number of hydrogen-bond donors (Lipinski definition) is 0. The Morgan fingerprint density at radius 3 is 1.17 bits per heavy atom. The summed E-state index contributed by atoms with van der Waals surface area (Å²) < 4.78 is 10.9. The number of allylic oxidation sites excluding steroid dienone is 2. The molecule has 0 bridgehead atoms. The van der Waals surface area contributed by atoms with E-state index >= 15 is 0 Å². The van der Waals surface area contributed by atoms with E-state index < -0.39 is 7.92 Å². The third kappa shape index (κ3) is 40.3. The second-order valence-corrected chi connectivity index (χ2v) is 20.3. The van der Waals surface area contributed by atoms with E-state index in [0.29, 0.717) is 31.6 Å². The molecule has 0 aromatic rings. The third-order valence-electron chi connectivity index (χ3n) is 11.8. The van der Waals surface area contributed by atoms with Crippen molar-refractivity contribution >= 4 is 25.4 Å². The lowest BCUT2D eigenvalue weighted by Crippen LogP contribution is -2.14. The molecule has 0 aliphatic carbocycles. The van der Waals surface area contributed by atoms with Gasteiger partial charge in [0.2, 0.25) is 0 Å². The quantitative estimate of drug-likeness (QED) is 0.0263. The van der Waals surface area contributed by atoms with Gasteiger partial charge >= 0.3 is 11.9 Å². The minimum atomic E-state index is -0.532. The molecule has 0 amide bonds. The zero-order chi connectivity index (χ0) is 43.4. The molecule has 6 nitrogen and oxygen atoms in total. The Hall–Kier alpha value is -1.52. The molecule has 346 valence electrons. The number of carbonyl (C=O) groups is 3. The van der Waals surface area contributed by atoms with Gasteiger partial charge in [0.25, 0.3) is 0 Å². The number of carbonyl (C=O) groups excluding carboxylic acids is 3. The second kappa shape index (κ2) is 44.5. The normalized spacial score (nSPS) is 12.0. The van der Waals surface area contributed by atoms with Crippen LogP contribution < -0.4 is 0 Å². The molecule has 0 aliphatic heterocycles. The van der Waals surface area contributed by atoms with Crippen LogP contribution in [0.1, 0.15) is 233 Å². The van der Waals surface area contributed by atoms with Crippen molar-refractivity contribution in [1.29, 1.82) is 0 Å². The minimum absolute atomic E-state index is 0.0662. The molecule has 7 heteroatoms. The molecule has 0 spiro atoms. The fourth-order valence-electron chi connectivity index (χ4n) is 7.85. The summed E-state index contributed by atoms with van der Waals surface area (Å²) in [5, 5.41) is 0. The maximum Gasteiger partial charge on any atom is 0.306 e. The van der Waals surface area contributed by atoms with Crippen LogP contribution in [0.25, 0.3) is 0 Å². The fraction of sp³-hybridized carbons (Fsp3) is 0.865. The molecule has 0 atom stereocenters. The summed E-state index contributed by atoms with van der Waals surface area (Å²) in [6.07, 6.45) is 47.1. The van der Waals surface area contributed by atoms with Gasteiger partial charge in [0.1, 0.15) is 13.2 Å². The summed E-state index contributed by atoms with van der Waals surface area (Å²) in [6, 6.07) is 0. The standard InChI is InChI=1S/C52H98NO5P/c1-7-11-34-48(35-12-8-2)38-27-29-44-57-50(54)40-25-21-17-15-19-23-31-46-59(52(56)42-33-43-53(5)6)47-32-24-20-16-18-22-26-41-51(55)58-45-30-28-39-49(36-13-9-3)37-14-10-4/h27-30,48-49H,7-26,31-47H2,1-6H3/b29-27-,30-28-. The zero-order valence-electron chi connectivity index (χ0n) is 40.1. The van der Waals surface area contributed by atoms with Crippen LogP contribution in [0.5, 0.6) is 0 Å². The maximum atomic E-state index is 13.2. The van der Waals surface area contributed by atoms with Gasteiger partial charge in [0.15, 0.2) is 5.52 Å². The van der Waals surface area contributed by atoms with E-state index in [9.17, 15) is 14.4 Å². The van der Waals surface area contributed by atoms with Gasteiger partial charge in [0.05, 0.1) is 0 Å². The van der Waals surface area contributed by atoms with Crippen molar-refractivity contribution in [3.05, 3.63) is 24.3 Å². The minimum Gasteiger partial charge on any atom is -0.461 e. The van der Waals surface area contributed by atoms with Crippen molar-refractivity contribution < 1.29 is 23.9 Å². The van der Waals surface area contributed by atoms with E-state index in [2.05, 4.69) is 58.8 Å². The van der Waals surface area contributed by atoms with Crippen LogP contribution in [-0.2, 0) is 23.9 Å². The highest BCUT2D eigenvalue weighted by atomic mass is 31.1. The highest BCUT2D eigenvalue weighted by molar-refractivity contribution is 7.74. The topological polar surface area (TPSA) is 72.9 Å². The van der Waals surface area contributed by atoms with Gasteiger partial charge in [-0.1, -0.05) is 193 Å². The highest BCUT2D eigenvalue weighted by Gasteiger charge is 2.17. The van der Waals surface area contributed by atoms with Crippen LogP contribution in [0, 0.1) is 11.8 Å². The van der Waals surface area contributed by atoms with Gasteiger partial charge in [0, 0.05) is 19.3 Å². The molecular weight excluding hydrogens is 750 g/mol. The Morgan fingerprint density at radius 1 is 0.458 bits per heavy atom. The van der Waals surface area contributed by atoms with Crippen LogP contribution in [0.15, 0.2) is 24.3 Å². The molecule has 0 rings (SSSR count). The maximum absolute atomic E-state index is 13.2. The number of hydrogen-bond acceptors (Lipinski definition) is 6. The molecule has 0 unspecified atom stereocenters. The van der Waals surface area contributed by atoms with Gasteiger partial charge in [-0.25, -0.2) is 0 Å². The molecule has 0 aromatic carbocycles. The Balaban J connectivity index is 4.13. The molecule has 0 radical (unpaired) electrons. The van der Waals surface area contributed by atoms with Crippen LogP contribution in [-0.4, -0.2) is 68.5 Å². The van der Waals surface area contributed by atoms with E-state index in [4.69, 9.17) is 9.47 Å². The number of nitrogens with zero attached hydrogens (tertiary/aromatic N) is 1. The average molecular weight is 848 g/mol. The summed E-state index contributed by atoms with van der Waals surface area (Å²) >= 11 is 0. The molecule has 0 heterocycles. The molecule has 0 aromatic heterocycles. The van der Waals surface area contributed by atoms with Crippen molar-refractivity contribution in [2.75, 3.05) is 46.2 Å². The Bertz CT molecular complexity index is 931. The van der Waals surface area contributed by atoms with E-state index in [0.717, 1.165) is 82.1 Å². The lowest BCUT2D eigenvalue weighted by atomic mass is 9.93. The van der Waals surface area contributed by atoms with Crippen LogP contribution in [0.2, 0.25) is 0 Å². The van der Waals surface area contributed by atoms with Crippen molar-refractivity contribution in [3.63, 3.8) is 0 Å². The van der Waals surface area contributed by atoms with E-state index in [1.165, 1.54) is 141 Å². The van der Waals surface area contributed by atoms with Gasteiger partial charge in [-0.15, -0.1) is 0 Å². The molecule has 59 heavy (non-hydrogen) atoms. The first-order valence-corrected chi connectivity index (χ1v) is 27.0. The summed E-state index contributed by atoms with van der Waals surface area (Å²) in [5.41, 5.74) is 0.540. The molecule has 0 saturated heterocycles. The second-order valence-electron chi connectivity index (χ2n) is 17.8. The van der Waals surface area contributed by atoms with E-state index in [1.807, 2.05) is 12.2 Å². The largest absolute Gasteiger partial charge is 0.461 e. The predicted molar refractivity (Wildman–Crippen MR) is 258 cm³/mol. The molecular formula is C52H98NO5P. The Morgan fingerprint density at radius 2 is 0.814 bits per heavy atom. The summed E-state index contributed by atoms with van der Waals surface area (Å²) in [5.74, 6) is 1.41. The summed E-state index contributed by atoms with van der Waals surface area (Å²) in [6.45, 7) is 10.9. The fourth-order valence-corrected chi connectivity index (χ4v) is 10.3. The van der Waals surface area contributed by atoms with Crippen molar-refractivity contribution in [1.82, 2.24) is 4.90 Å². The van der Waals surface area contributed by atoms with Crippen LogP contribution in [0.4, 0.5) is 0 Å². The summed E-state index contributed by atoms with van der Waals surface area (Å²) in [4.78, 5) is 39.8. The van der Waals surface area contributed by atoms with Gasteiger partial charge in [-0.2, -0.15) is 0 Å². The van der Waals surface area contributed by atoms with Crippen LogP contribution >= 0.6 is 7.92 Å². The van der Waals surface area contributed by atoms with Crippen molar-refractivity contribution in [2.24, 2.45) is 11.8 Å². The van der Waals surface area contributed by atoms with Crippen molar-refractivity contribution in [2.45, 2.75) is 233 Å². The number of esters is 2. The SMILES string of the molecule is CCCCC(C/C=C\COC(=O)CCCCCCCCCP(CCCCCCCCCC(=O)OC/C=C\CC(CCCC)CCCC)C(=O)CCCN(C)C)CCCC. The smallest absolute Gasteiger partial charge is 0.306 e. The number of unbranched alkanes of at least 4 members (excludes halogenated alkanes) is 16. The number of rotatable bonds is 45. The zero-order valence-corrected chi connectivity index (χ0v) is 41.0. The monoisotopic (exact) mass is 848 g/mol. The molecule has 0 N–H and O–H groups in total. The molecule has 0 aliphatic rings. The van der Waals surface area contributed by atoms with Crippen molar-refractivity contribution in [3.8, 4) is 0 Å². The summed E-state index contributed by atoms with van der Waals surface area (Å²) in [7, 11) is 3.64. The molecule has 0 saturated carbocycles. The van der Waals surface area contributed by atoms with E-state index in [1.54, 1.807) is 0 Å². The van der Waals surface area contributed by atoms with Gasteiger partial charge in [-0.3, -0.25) is 14.4 Å². The van der Waals surface area contributed by atoms with Gasteiger partial charge in [-0.05, 0) is 97.7 Å².